The number of benzene rings is 2. The Bertz CT molecular complexity index is 847. The molecule has 0 spiro atoms. The van der Waals surface area contributed by atoms with E-state index < -0.39 is 0 Å². The van der Waals surface area contributed by atoms with E-state index in [9.17, 15) is 4.79 Å². The molecule has 162 valence electrons. The number of amides is 2. The summed E-state index contributed by atoms with van der Waals surface area (Å²) in [7, 11) is 1.68. The van der Waals surface area contributed by atoms with E-state index in [1.54, 1.807) is 7.11 Å². The number of nitrogens with one attached hydrogen (secondary N) is 4. The van der Waals surface area contributed by atoms with Gasteiger partial charge in [-0.15, -0.1) is 0 Å². The SMILES string of the molecule is CCNC(=NCc1ccc(NC(=O)NC(C)C)cc1)NCc1ccc(C)cc1OC. The van der Waals surface area contributed by atoms with Crippen molar-refractivity contribution in [1.82, 2.24) is 16.0 Å². The van der Waals surface area contributed by atoms with Crippen LogP contribution in [-0.4, -0.2) is 31.7 Å². The topological polar surface area (TPSA) is 86.8 Å². The largest absolute Gasteiger partial charge is 0.496 e. The molecule has 0 bridgehead atoms. The van der Waals surface area contributed by atoms with Crippen LogP contribution in [0, 0.1) is 6.92 Å². The molecule has 0 aliphatic rings. The molecular weight excluding hydrogens is 378 g/mol. The van der Waals surface area contributed by atoms with Gasteiger partial charge in [0.2, 0.25) is 0 Å². The van der Waals surface area contributed by atoms with Gasteiger partial charge in [0, 0.05) is 30.4 Å². The lowest BCUT2D eigenvalue weighted by atomic mass is 10.1. The molecule has 2 rings (SSSR count). The van der Waals surface area contributed by atoms with E-state index >= 15 is 0 Å². The molecule has 0 fully saturated rings. The number of hydrogen-bond acceptors (Lipinski definition) is 3. The van der Waals surface area contributed by atoms with Crippen molar-refractivity contribution in [2.75, 3.05) is 19.0 Å². The Labute approximate surface area is 179 Å². The van der Waals surface area contributed by atoms with Crippen molar-refractivity contribution in [2.45, 2.75) is 46.8 Å². The predicted molar refractivity (Wildman–Crippen MR) is 123 cm³/mol. The molecule has 0 aliphatic heterocycles. The number of aryl methyl sites for hydroxylation is 1. The first-order valence-electron chi connectivity index (χ1n) is 10.2. The molecule has 30 heavy (non-hydrogen) atoms. The molecule has 0 aromatic heterocycles. The maximum atomic E-state index is 11.8. The average Bonchev–Trinajstić information content (AvgIpc) is 2.71. The van der Waals surface area contributed by atoms with Crippen molar-refractivity contribution in [3.05, 3.63) is 59.2 Å². The smallest absolute Gasteiger partial charge is 0.319 e. The number of carbonyl (C=O) groups excluding carboxylic acids is 1. The summed E-state index contributed by atoms with van der Waals surface area (Å²) in [5.41, 5.74) is 4.03. The molecule has 0 saturated heterocycles. The normalized spacial score (nSPS) is 11.2. The molecule has 7 nitrogen and oxygen atoms in total. The standard InChI is InChI=1S/C23H33N5O2/c1-6-24-22(26-15-19-10-7-17(4)13-21(19)30-5)25-14-18-8-11-20(12-9-18)28-23(29)27-16(2)3/h7-13,16H,6,14-15H2,1-5H3,(H2,24,25,26)(H2,27,28,29). The molecule has 4 N–H and O–H groups in total. The second-order valence-corrected chi connectivity index (χ2v) is 7.31. The van der Waals surface area contributed by atoms with Crippen LogP contribution in [0.25, 0.3) is 0 Å². The van der Waals surface area contributed by atoms with Crippen molar-refractivity contribution in [3.63, 3.8) is 0 Å². The minimum Gasteiger partial charge on any atom is -0.496 e. The van der Waals surface area contributed by atoms with Gasteiger partial charge in [0.25, 0.3) is 0 Å². The summed E-state index contributed by atoms with van der Waals surface area (Å²) in [4.78, 5) is 16.4. The highest BCUT2D eigenvalue weighted by molar-refractivity contribution is 5.89. The van der Waals surface area contributed by atoms with E-state index in [1.807, 2.05) is 58.0 Å². The number of carbonyl (C=O) groups is 1. The lowest BCUT2D eigenvalue weighted by molar-refractivity contribution is 0.250. The first-order valence-corrected chi connectivity index (χ1v) is 10.2. The molecule has 7 heteroatoms. The zero-order valence-electron chi connectivity index (χ0n) is 18.5. The monoisotopic (exact) mass is 411 g/mol. The van der Waals surface area contributed by atoms with E-state index in [4.69, 9.17) is 4.74 Å². The van der Waals surface area contributed by atoms with E-state index in [0.29, 0.717) is 13.1 Å². The lowest BCUT2D eigenvalue weighted by Crippen LogP contribution is -2.36. The van der Waals surface area contributed by atoms with E-state index in [1.165, 1.54) is 0 Å². The Morgan fingerprint density at radius 2 is 1.83 bits per heavy atom. The third-order valence-corrected chi connectivity index (χ3v) is 4.28. The second-order valence-electron chi connectivity index (χ2n) is 7.31. The lowest BCUT2D eigenvalue weighted by Gasteiger charge is -2.14. The average molecular weight is 412 g/mol. The fraction of sp³-hybridized carbons (Fsp3) is 0.391. The fourth-order valence-corrected chi connectivity index (χ4v) is 2.81. The molecule has 2 aromatic carbocycles. The number of ether oxygens (including phenoxy) is 1. The number of anilines is 1. The van der Waals surface area contributed by atoms with Crippen molar-refractivity contribution in [2.24, 2.45) is 4.99 Å². The summed E-state index contributed by atoms with van der Waals surface area (Å²) in [6.07, 6.45) is 0. The van der Waals surface area contributed by atoms with Gasteiger partial charge in [0.1, 0.15) is 5.75 Å². The van der Waals surface area contributed by atoms with Crippen molar-refractivity contribution in [3.8, 4) is 5.75 Å². The van der Waals surface area contributed by atoms with Gasteiger partial charge in [-0.05, 0) is 57.0 Å². The van der Waals surface area contributed by atoms with Crippen LogP contribution >= 0.6 is 0 Å². The quantitative estimate of drug-likeness (QED) is 0.393. The molecule has 2 amide bonds. The van der Waals surface area contributed by atoms with E-state index in [2.05, 4.69) is 38.4 Å². The van der Waals surface area contributed by atoms with Gasteiger partial charge in [-0.25, -0.2) is 9.79 Å². The van der Waals surface area contributed by atoms with Gasteiger partial charge in [0.15, 0.2) is 5.96 Å². The number of rotatable bonds is 8. The highest BCUT2D eigenvalue weighted by Crippen LogP contribution is 2.19. The fourth-order valence-electron chi connectivity index (χ4n) is 2.81. The van der Waals surface area contributed by atoms with Crippen LogP contribution in [0.3, 0.4) is 0 Å². The number of hydrogen-bond donors (Lipinski definition) is 4. The molecular formula is C23H33N5O2. The van der Waals surface area contributed by atoms with Crippen LogP contribution in [0.5, 0.6) is 5.75 Å². The minimum atomic E-state index is -0.207. The van der Waals surface area contributed by atoms with Gasteiger partial charge in [-0.1, -0.05) is 24.3 Å². The van der Waals surface area contributed by atoms with E-state index in [0.717, 1.165) is 40.6 Å². The molecule has 0 saturated carbocycles. The summed E-state index contributed by atoms with van der Waals surface area (Å²) >= 11 is 0. The van der Waals surface area contributed by atoms with E-state index in [-0.39, 0.29) is 12.1 Å². The van der Waals surface area contributed by atoms with Crippen molar-refractivity contribution >= 4 is 17.7 Å². The first kappa shape index (κ1) is 23.1. The maximum absolute atomic E-state index is 11.8. The molecule has 2 aromatic rings. The highest BCUT2D eigenvalue weighted by Gasteiger charge is 2.06. The molecule has 0 heterocycles. The molecule has 0 aliphatic carbocycles. The Morgan fingerprint density at radius 1 is 1.10 bits per heavy atom. The molecule has 0 radical (unpaired) electrons. The molecule has 0 unspecified atom stereocenters. The van der Waals surface area contributed by atoms with Gasteiger partial charge in [0.05, 0.1) is 13.7 Å². The van der Waals surface area contributed by atoms with Crippen LogP contribution in [-0.2, 0) is 13.1 Å². The van der Waals surface area contributed by atoms with Gasteiger partial charge in [-0.3, -0.25) is 0 Å². The summed E-state index contributed by atoms with van der Waals surface area (Å²) in [6, 6.07) is 13.7. The van der Waals surface area contributed by atoms with Crippen LogP contribution < -0.4 is 26.0 Å². The second kappa shape index (κ2) is 11.7. The van der Waals surface area contributed by atoms with Crippen LogP contribution in [0.15, 0.2) is 47.5 Å². The van der Waals surface area contributed by atoms with Crippen molar-refractivity contribution in [1.29, 1.82) is 0 Å². The Balaban J connectivity index is 1.96. The third-order valence-electron chi connectivity index (χ3n) is 4.28. The Morgan fingerprint density at radius 3 is 2.47 bits per heavy atom. The number of urea groups is 1. The zero-order chi connectivity index (χ0) is 21.9. The number of guanidine groups is 1. The zero-order valence-corrected chi connectivity index (χ0v) is 18.5. The molecule has 0 atom stereocenters. The van der Waals surface area contributed by atoms with Crippen LogP contribution in [0.2, 0.25) is 0 Å². The Kier molecular flexibility index (Phi) is 9.00. The van der Waals surface area contributed by atoms with Gasteiger partial charge in [-0.2, -0.15) is 0 Å². The summed E-state index contributed by atoms with van der Waals surface area (Å²) in [5.74, 6) is 1.60. The summed E-state index contributed by atoms with van der Waals surface area (Å²) < 4.78 is 5.47. The van der Waals surface area contributed by atoms with Gasteiger partial charge >= 0.3 is 6.03 Å². The van der Waals surface area contributed by atoms with Crippen LogP contribution in [0.1, 0.15) is 37.5 Å². The minimum absolute atomic E-state index is 0.0930. The predicted octanol–water partition coefficient (Wildman–Crippen LogP) is 3.79. The maximum Gasteiger partial charge on any atom is 0.319 e. The summed E-state index contributed by atoms with van der Waals surface area (Å²) in [5, 5.41) is 12.2. The number of aliphatic imine (C=N–C) groups is 1. The highest BCUT2D eigenvalue weighted by atomic mass is 16.5. The third kappa shape index (κ3) is 7.66. The van der Waals surface area contributed by atoms with Crippen LogP contribution in [0.4, 0.5) is 10.5 Å². The summed E-state index contributed by atoms with van der Waals surface area (Å²) in [6.45, 7) is 9.83. The number of nitrogens with zero attached hydrogens (tertiary/aromatic N) is 1. The number of methoxy groups -OCH3 is 1. The van der Waals surface area contributed by atoms with Gasteiger partial charge < -0.3 is 26.0 Å². The first-order chi connectivity index (χ1) is 14.4. The Hall–Kier alpha value is -3.22. The van der Waals surface area contributed by atoms with Crippen molar-refractivity contribution < 1.29 is 9.53 Å².